The van der Waals surface area contributed by atoms with Crippen LogP contribution < -0.4 is 11.1 Å². The number of nitrogen functional groups attached to an aromatic ring is 1. The van der Waals surface area contributed by atoms with Crippen LogP contribution in [0.1, 0.15) is 39.0 Å². The Morgan fingerprint density at radius 1 is 1.19 bits per heavy atom. The van der Waals surface area contributed by atoms with Crippen LogP contribution in [0.15, 0.2) is 12.4 Å². The monoisotopic (exact) mass is 220 g/mol. The molecule has 4 heteroatoms. The van der Waals surface area contributed by atoms with Crippen molar-refractivity contribution in [3.8, 4) is 0 Å². The minimum atomic E-state index is 0.500. The van der Waals surface area contributed by atoms with Gasteiger partial charge in [0.15, 0.2) is 11.6 Å². The van der Waals surface area contributed by atoms with Gasteiger partial charge in [-0.1, -0.05) is 19.8 Å². The van der Waals surface area contributed by atoms with Crippen LogP contribution in [0, 0.1) is 5.92 Å². The Hall–Kier alpha value is -1.32. The topological polar surface area (TPSA) is 63.8 Å². The molecule has 1 aliphatic rings. The first-order valence-electron chi connectivity index (χ1n) is 6.08. The second-order valence-electron chi connectivity index (χ2n) is 4.74. The highest BCUT2D eigenvalue weighted by atomic mass is 15.1. The predicted octanol–water partition coefficient (Wildman–Crippen LogP) is 2.44. The van der Waals surface area contributed by atoms with E-state index in [1.165, 1.54) is 32.1 Å². The zero-order chi connectivity index (χ0) is 11.4. The summed E-state index contributed by atoms with van der Waals surface area (Å²) in [5.41, 5.74) is 5.77. The third-order valence-electron chi connectivity index (χ3n) is 3.32. The Kier molecular flexibility index (Phi) is 3.59. The molecular weight excluding hydrogens is 200 g/mol. The van der Waals surface area contributed by atoms with Crippen molar-refractivity contribution in [3.05, 3.63) is 12.4 Å². The highest BCUT2D eigenvalue weighted by molar-refractivity contribution is 5.55. The molecule has 1 aromatic heterocycles. The number of nitrogens with two attached hydrogens (primary N) is 1. The average Bonchev–Trinajstić information content (AvgIpc) is 2.47. The number of anilines is 2. The number of hydrogen-bond donors (Lipinski definition) is 2. The van der Waals surface area contributed by atoms with Gasteiger partial charge in [-0.15, -0.1) is 0 Å². The van der Waals surface area contributed by atoms with E-state index in [0.717, 1.165) is 11.7 Å². The maximum absolute atomic E-state index is 5.77. The molecule has 1 fully saturated rings. The zero-order valence-electron chi connectivity index (χ0n) is 9.82. The lowest BCUT2D eigenvalue weighted by Crippen LogP contribution is -2.20. The van der Waals surface area contributed by atoms with E-state index in [-0.39, 0.29) is 0 Å². The molecule has 1 aromatic rings. The lowest BCUT2D eigenvalue weighted by molar-refractivity contribution is 0.502. The van der Waals surface area contributed by atoms with E-state index in [1.54, 1.807) is 12.4 Å². The first kappa shape index (κ1) is 11.2. The van der Waals surface area contributed by atoms with Crippen molar-refractivity contribution < 1.29 is 0 Å². The molecule has 1 aliphatic carbocycles. The fourth-order valence-electron chi connectivity index (χ4n) is 2.28. The van der Waals surface area contributed by atoms with Gasteiger partial charge in [0.25, 0.3) is 0 Å². The maximum Gasteiger partial charge on any atom is 0.169 e. The molecule has 88 valence electrons. The van der Waals surface area contributed by atoms with E-state index >= 15 is 0 Å². The second kappa shape index (κ2) is 5.14. The maximum atomic E-state index is 5.77. The van der Waals surface area contributed by atoms with Gasteiger partial charge in [-0.25, -0.2) is 9.97 Å². The molecule has 16 heavy (non-hydrogen) atoms. The Morgan fingerprint density at radius 2 is 2.00 bits per heavy atom. The van der Waals surface area contributed by atoms with E-state index in [4.69, 9.17) is 5.73 Å². The molecule has 0 radical (unpaired) electrons. The quantitative estimate of drug-likeness (QED) is 0.751. The lowest BCUT2D eigenvalue weighted by Gasteiger charge is -2.17. The number of hydrogen-bond acceptors (Lipinski definition) is 4. The summed E-state index contributed by atoms with van der Waals surface area (Å²) in [7, 11) is 0. The molecule has 2 unspecified atom stereocenters. The van der Waals surface area contributed by atoms with Crippen molar-refractivity contribution in [2.75, 3.05) is 11.1 Å². The lowest BCUT2D eigenvalue weighted by atomic mass is 10.0. The Morgan fingerprint density at radius 3 is 2.81 bits per heavy atom. The van der Waals surface area contributed by atoms with Gasteiger partial charge >= 0.3 is 0 Å². The molecule has 4 nitrogen and oxygen atoms in total. The molecule has 0 amide bonds. The average molecular weight is 220 g/mol. The largest absolute Gasteiger partial charge is 0.381 e. The van der Waals surface area contributed by atoms with Crippen molar-refractivity contribution in [1.82, 2.24) is 9.97 Å². The molecule has 0 aromatic carbocycles. The van der Waals surface area contributed by atoms with E-state index in [9.17, 15) is 0 Å². The fourth-order valence-corrected chi connectivity index (χ4v) is 2.28. The standard InChI is InChI=1S/C12H20N4/c1-9-3-2-4-10(6-5-9)16-12-11(13)14-7-8-15-12/h7-10H,2-6H2,1H3,(H2,13,14)(H,15,16). The Labute approximate surface area is 96.7 Å². The molecular formula is C12H20N4. The zero-order valence-corrected chi connectivity index (χ0v) is 9.82. The van der Waals surface area contributed by atoms with E-state index in [2.05, 4.69) is 22.2 Å². The number of nitrogens with zero attached hydrogens (tertiary/aromatic N) is 2. The third kappa shape index (κ3) is 2.84. The van der Waals surface area contributed by atoms with Crippen molar-refractivity contribution in [2.45, 2.75) is 45.1 Å². The van der Waals surface area contributed by atoms with Gasteiger partial charge in [0.05, 0.1) is 0 Å². The number of aromatic nitrogens is 2. The van der Waals surface area contributed by atoms with Gasteiger partial charge in [0.2, 0.25) is 0 Å². The molecule has 0 saturated heterocycles. The van der Waals surface area contributed by atoms with Crippen LogP contribution >= 0.6 is 0 Å². The summed E-state index contributed by atoms with van der Waals surface area (Å²) in [4.78, 5) is 8.26. The minimum absolute atomic E-state index is 0.500. The molecule has 0 aliphatic heterocycles. The summed E-state index contributed by atoms with van der Waals surface area (Å²) in [6, 6.07) is 0.504. The number of nitrogens with one attached hydrogen (secondary N) is 1. The molecule has 1 saturated carbocycles. The van der Waals surface area contributed by atoms with Gasteiger partial charge in [-0.3, -0.25) is 0 Å². The minimum Gasteiger partial charge on any atom is -0.381 e. The van der Waals surface area contributed by atoms with Crippen molar-refractivity contribution >= 4 is 11.6 Å². The number of rotatable bonds is 2. The summed E-state index contributed by atoms with van der Waals surface area (Å²) in [6.07, 6.45) is 9.64. The summed E-state index contributed by atoms with van der Waals surface area (Å²) in [6.45, 7) is 2.33. The van der Waals surface area contributed by atoms with Gasteiger partial charge < -0.3 is 11.1 Å². The van der Waals surface area contributed by atoms with Gasteiger partial charge in [0, 0.05) is 18.4 Å². The summed E-state index contributed by atoms with van der Waals surface area (Å²) >= 11 is 0. The van der Waals surface area contributed by atoms with Gasteiger partial charge in [0.1, 0.15) is 0 Å². The van der Waals surface area contributed by atoms with Crippen LogP contribution in [0.4, 0.5) is 11.6 Å². The summed E-state index contributed by atoms with van der Waals surface area (Å²) in [5.74, 6) is 2.09. The van der Waals surface area contributed by atoms with Crippen LogP contribution in [-0.4, -0.2) is 16.0 Å². The smallest absolute Gasteiger partial charge is 0.169 e. The van der Waals surface area contributed by atoms with Crippen LogP contribution in [0.5, 0.6) is 0 Å². The van der Waals surface area contributed by atoms with Crippen LogP contribution in [0.2, 0.25) is 0 Å². The van der Waals surface area contributed by atoms with E-state index < -0.39 is 0 Å². The molecule has 0 bridgehead atoms. The first-order valence-corrected chi connectivity index (χ1v) is 6.08. The Balaban J connectivity index is 1.96. The van der Waals surface area contributed by atoms with Crippen LogP contribution in [-0.2, 0) is 0 Å². The first-order chi connectivity index (χ1) is 7.75. The normalized spacial score (nSPS) is 26.1. The van der Waals surface area contributed by atoms with Crippen molar-refractivity contribution in [1.29, 1.82) is 0 Å². The van der Waals surface area contributed by atoms with Crippen LogP contribution in [0.25, 0.3) is 0 Å². The molecule has 1 heterocycles. The van der Waals surface area contributed by atoms with Crippen molar-refractivity contribution in [2.24, 2.45) is 5.92 Å². The molecule has 2 rings (SSSR count). The predicted molar refractivity (Wildman–Crippen MR) is 66.1 cm³/mol. The molecule has 0 spiro atoms. The third-order valence-corrected chi connectivity index (χ3v) is 3.32. The van der Waals surface area contributed by atoms with E-state index in [1.807, 2.05) is 0 Å². The highest BCUT2D eigenvalue weighted by Crippen LogP contribution is 2.25. The molecule has 2 atom stereocenters. The summed E-state index contributed by atoms with van der Waals surface area (Å²) in [5, 5.41) is 3.41. The summed E-state index contributed by atoms with van der Waals surface area (Å²) < 4.78 is 0. The van der Waals surface area contributed by atoms with E-state index in [0.29, 0.717) is 11.9 Å². The fraction of sp³-hybridized carbons (Fsp3) is 0.667. The van der Waals surface area contributed by atoms with Gasteiger partial charge in [-0.2, -0.15) is 0 Å². The van der Waals surface area contributed by atoms with Crippen LogP contribution in [0.3, 0.4) is 0 Å². The van der Waals surface area contributed by atoms with Crippen molar-refractivity contribution in [3.63, 3.8) is 0 Å². The molecule has 3 N–H and O–H groups in total. The van der Waals surface area contributed by atoms with Gasteiger partial charge in [-0.05, 0) is 25.2 Å². The Bertz CT molecular complexity index is 340. The highest BCUT2D eigenvalue weighted by Gasteiger charge is 2.17. The SMILES string of the molecule is CC1CCCC(Nc2nccnc2N)CC1. The second-order valence-corrected chi connectivity index (χ2v) is 4.74.